The number of nitrogens with one attached hydrogen (secondary N) is 1. The summed E-state index contributed by atoms with van der Waals surface area (Å²) in [5.74, 6) is -12.3. The predicted molar refractivity (Wildman–Crippen MR) is 69.1 cm³/mol. The average molecular weight is 386 g/mol. The van der Waals surface area contributed by atoms with Crippen molar-refractivity contribution in [1.82, 2.24) is 9.78 Å². The van der Waals surface area contributed by atoms with E-state index in [1.54, 1.807) is 0 Å². The van der Waals surface area contributed by atoms with Crippen LogP contribution in [0, 0.1) is 33.4 Å². The summed E-state index contributed by atoms with van der Waals surface area (Å²) >= 11 is 0. The first kappa shape index (κ1) is 19.1. The van der Waals surface area contributed by atoms with Crippen LogP contribution in [0.5, 0.6) is 0 Å². The molecule has 0 bridgehead atoms. The number of aryl methyl sites for hydroxylation is 1. The summed E-state index contributed by atoms with van der Waals surface area (Å²) in [4.78, 5) is 21.6. The fourth-order valence-electron chi connectivity index (χ4n) is 1.99. The molecule has 7 nitrogen and oxygen atoms in total. The number of benzene rings is 1. The van der Waals surface area contributed by atoms with Gasteiger partial charge in [0.05, 0.1) is 4.92 Å². The molecule has 1 N–H and O–H groups in total. The van der Waals surface area contributed by atoms with Crippen LogP contribution in [0.2, 0.25) is 0 Å². The van der Waals surface area contributed by atoms with Gasteiger partial charge in [-0.1, -0.05) is 0 Å². The van der Waals surface area contributed by atoms with Gasteiger partial charge in [0.1, 0.15) is 17.4 Å². The number of nitro groups is 1. The molecule has 0 radical (unpaired) electrons. The zero-order valence-electron chi connectivity index (χ0n) is 12.3. The number of anilines is 1. The number of carbonyl (C=O) groups is 1. The quantitative estimate of drug-likeness (QED) is 0.380. The molecule has 0 fully saturated rings. The highest BCUT2D eigenvalue weighted by atomic mass is 19.4. The monoisotopic (exact) mass is 386 g/mol. The first-order valence-electron chi connectivity index (χ1n) is 6.28. The van der Waals surface area contributed by atoms with E-state index in [-0.39, 0.29) is 0 Å². The molecular formula is C12H5F7N4O3. The van der Waals surface area contributed by atoms with Crippen LogP contribution in [0.15, 0.2) is 6.20 Å². The third kappa shape index (κ3) is 3.04. The fourth-order valence-corrected chi connectivity index (χ4v) is 1.99. The number of hydrogen-bond acceptors (Lipinski definition) is 4. The second-order valence-electron chi connectivity index (χ2n) is 4.72. The molecule has 0 saturated carbocycles. The van der Waals surface area contributed by atoms with E-state index in [4.69, 9.17) is 0 Å². The lowest BCUT2D eigenvalue weighted by molar-refractivity contribution is -0.385. The Morgan fingerprint density at radius 1 is 1.15 bits per heavy atom. The largest absolute Gasteiger partial charge is 0.422 e. The third-order valence-electron chi connectivity index (χ3n) is 3.12. The van der Waals surface area contributed by atoms with Gasteiger partial charge in [-0.05, 0) is 0 Å². The van der Waals surface area contributed by atoms with Crippen LogP contribution in [-0.4, -0.2) is 20.6 Å². The van der Waals surface area contributed by atoms with Crippen molar-refractivity contribution in [3.05, 3.63) is 50.8 Å². The lowest BCUT2D eigenvalue weighted by Gasteiger charge is -2.14. The van der Waals surface area contributed by atoms with Gasteiger partial charge >= 0.3 is 11.9 Å². The van der Waals surface area contributed by atoms with Gasteiger partial charge in [-0.3, -0.25) is 19.6 Å². The summed E-state index contributed by atoms with van der Waals surface area (Å²) in [6.45, 7) is 0. The van der Waals surface area contributed by atoms with Crippen LogP contribution in [0.1, 0.15) is 16.1 Å². The maximum absolute atomic E-state index is 13.7. The van der Waals surface area contributed by atoms with E-state index in [0.717, 1.165) is 7.05 Å². The highest BCUT2D eigenvalue weighted by molar-refractivity contribution is 6.05. The second-order valence-corrected chi connectivity index (χ2v) is 4.72. The number of rotatable bonds is 3. The zero-order chi connectivity index (χ0) is 20.0. The molecule has 0 spiro atoms. The van der Waals surface area contributed by atoms with Crippen molar-refractivity contribution >= 4 is 17.3 Å². The van der Waals surface area contributed by atoms with Gasteiger partial charge in [0.15, 0.2) is 23.3 Å². The smallest absolute Gasteiger partial charge is 0.315 e. The van der Waals surface area contributed by atoms with Crippen molar-refractivity contribution in [2.75, 3.05) is 5.32 Å². The van der Waals surface area contributed by atoms with Gasteiger partial charge in [0, 0.05) is 7.05 Å². The van der Waals surface area contributed by atoms with Crippen molar-refractivity contribution in [2.24, 2.45) is 7.05 Å². The van der Waals surface area contributed by atoms with Gasteiger partial charge in [-0.25, -0.2) is 17.6 Å². The molecule has 2 aromatic rings. The van der Waals surface area contributed by atoms with Gasteiger partial charge in [0.2, 0.25) is 5.69 Å². The Labute approximate surface area is 138 Å². The van der Waals surface area contributed by atoms with Gasteiger partial charge in [-0.2, -0.15) is 18.3 Å². The molecule has 2 rings (SSSR count). The third-order valence-corrected chi connectivity index (χ3v) is 3.12. The molecule has 1 amide bonds. The molecule has 0 saturated heterocycles. The zero-order valence-corrected chi connectivity index (χ0v) is 12.3. The minimum Gasteiger partial charge on any atom is -0.315 e. The predicted octanol–water partition coefficient (Wildman–Crippen LogP) is 3.16. The Bertz CT molecular complexity index is 894. The molecule has 1 aromatic heterocycles. The van der Waals surface area contributed by atoms with Gasteiger partial charge in [0.25, 0.3) is 5.91 Å². The highest BCUT2D eigenvalue weighted by Crippen LogP contribution is 2.38. The Morgan fingerprint density at radius 2 is 1.65 bits per heavy atom. The number of carbonyl (C=O) groups excluding carboxylic acids is 1. The van der Waals surface area contributed by atoms with E-state index in [1.807, 2.05) is 0 Å². The molecule has 0 aliphatic rings. The highest BCUT2D eigenvalue weighted by Gasteiger charge is 2.42. The van der Waals surface area contributed by atoms with Crippen LogP contribution in [0.25, 0.3) is 0 Å². The van der Waals surface area contributed by atoms with Crippen LogP contribution in [0.3, 0.4) is 0 Å². The average Bonchev–Trinajstić information content (AvgIpc) is 2.90. The molecular weight excluding hydrogens is 381 g/mol. The topological polar surface area (TPSA) is 90.1 Å². The molecule has 0 aliphatic heterocycles. The van der Waals surface area contributed by atoms with Crippen LogP contribution >= 0.6 is 0 Å². The minimum atomic E-state index is -5.75. The molecule has 14 heteroatoms. The summed E-state index contributed by atoms with van der Waals surface area (Å²) < 4.78 is 92.6. The van der Waals surface area contributed by atoms with Crippen molar-refractivity contribution in [2.45, 2.75) is 6.18 Å². The van der Waals surface area contributed by atoms with E-state index in [1.165, 1.54) is 5.32 Å². The van der Waals surface area contributed by atoms with Crippen LogP contribution in [-0.2, 0) is 13.2 Å². The number of halogens is 7. The first-order chi connectivity index (χ1) is 11.9. The number of alkyl halides is 3. The van der Waals surface area contributed by atoms with Crippen molar-refractivity contribution < 1.29 is 40.5 Å². The van der Waals surface area contributed by atoms with E-state index >= 15 is 0 Å². The Kier molecular flexibility index (Phi) is 4.62. The molecule has 1 aromatic carbocycles. The van der Waals surface area contributed by atoms with E-state index in [9.17, 15) is 45.6 Å². The minimum absolute atomic E-state index is 0.607. The molecule has 0 atom stereocenters. The lowest BCUT2D eigenvalue weighted by atomic mass is 10.1. The second kappa shape index (κ2) is 6.27. The Balaban J connectivity index is 2.57. The van der Waals surface area contributed by atoms with Crippen molar-refractivity contribution in [3.63, 3.8) is 0 Å². The summed E-state index contributed by atoms with van der Waals surface area (Å²) in [7, 11) is 1.03. The molecule has 140 valence electrons. The fraction of sp³-hybridized carbons (Fsp3) is 0.167. The van der Waals surface area contributed by atoms with Crippen LogP contribution in [0.4, 0.5) is 42.1 Å². The SMILES string of the molecule is Cn1ncc([N+](=O)[O-])c1C(=O)Nc1c(F)c(F)c(C(F)(F)F)c(F)c1F. The number of nitrogens with zero attached hydrogens (tertiary/aromatic N) is 3. The molecule has 1 heterocycles. The molecule has 26 heavy (non-hydrogen) atoms. The van der Waals surface area contributed by atoms with E-state index in [0.29, 0.717) is 10.9 Å². The van der Waals surface area contributed by atoms with Crippen molar-refractivity contribution in [3.8, 4) is 0 Å². The summed E-state index contributed by atoms with van der Waals surface area (Å²) in [6, 6.07) is 0. The summed E-state index contributed by atoms with van der Waals surface area (Å²) in [5, 5.41) is 15.4. The number of aromatic nitrogens is 2. The van der Waals surface area contributed by atoms with E-state index in [2.05, 4.69) is 5.10 Å². The van der Waals surface area contributed by atoms with E-state index < -0.39 is 62.9 Å². The standard InChI is InChI=1S/C12H5F7N4O3/c1-22-10(3(2-20-22)23(25)26)11(24)21-9-7(15)5(13)4(12(17,18)19)6(14)8(9)16/h2H,1H3,(H,21,24). The summed E-state index contributed by atoms with van der Waals surface area (Å²) in [5.41, 5.74) is -6.49. The first-order valence-corrected chi connectivity index (χ1v) is 6.28. The lowest BCUT2D eigenvalue weighted by Crippen LogP contribution is -2.22. The maximum atomic E-state index is 13.7. The normalized spacial score (nSPS) is 11.5. The van der Waals surface area contributed by atoms with Gasteiger partial charge < -0.3 is 5.32 Å². The summed E-state index contributed by atoms with van der Waals surface area (Å²) in [6.07, 6.45) is -5.14. The number of amides is 1. The van der Waals surface area contributed by atoms with Crippen molar-refractivity contribution in [1.29, 1.82) is 0 Å². The molecule has 0 aliphatic carbocycles. The molecule has 0 unspecified atom stereocenters. The Hall–Kier alpha value is -3.19. The maximum Gasteiger partial charge on any atom is 0.422 e. The van der Waals surface area contributed by atoms with Crippen LogP contribution < -0.4 is 5.32 Å². The van der Waals surface area contributed by atoms with Gasteiger partial charge in [-0.15, -0.1) is 0 Å². The number of hydrogen-bond donors (Lipinski definition) is 1. The Morgan fingerprint density at radius 3 is 2.08 bits per heavy atom.